The first-order chi connectivity index (χ1) is 15.1. The Morgan fingerprint density at radius 2 is 1.59 bits per heavy atom. The van der Waals surface area contributed by atoms with Crippen molar-refractivity contribution in [2.24, 2.45) is 0 Å². The number of carbonyl (C=O) groups is 1. The number of nitriles is 1. The molecular weight excluding hydrogens is 445 g/mol. The van der Waals surface area contributed by atoms with Crippen molar-refractivity contribution < 1.29 is 26.4 Å². The average Bonchev–Trinajstić information content (AvgIpc) is 2.78. The molecule has 168 valence electrons. The lowest BCUT2D eigenvalue weighted by molar-refractivity contribution is -0.137. The van der Waals surface area contributed by atoms with Crippen molar-refractivity contribution in [2.75, 3.05) is 31.5 Å². The van der Waals surface area contributed by atoms with Crippen LogP contribution in [0.25, 0.3) is 0 Å². The zero-order valence-electron chi connectivity index (χ0n) is 16.7. The molecule has 0 spiro atoms. The Hall–Kier alpha value is -3.36. The largest absolute Gasteiger partial charge is 0.418 e. The van der Waals surface area contributed by atoms with Crippen molar-refractivity contribution in [2.45, 2.75) is 11.1 Å². The molecule has 3 rings (SSSR count). The predicted molar refractivity (Wildman–Crippen MR) is 111 cm³/mol. The molecule has 7 nitrogen and oxygen atoms in total. The van der Waals surface area contributed by atoms with E-state index in [1.54, 1.807) is 29.2 Å². The Morgan fingerprint density at radius 1 is 1.00 bits per heavy atom. The molecule has 32 heavy (non-hydrogen) atoms. The number of benzene rings is 2. The van der Waals surface area contributed by atoms with E-state index in [0.717, 1.165) is 12.1 Å². The van der Waals surface area contributed by atoms with Crippen LogP contribution in [0.5, 0.6) is 0 Å². The summed E-state index contributed by atoms with van der Waals surface area (Å²) < 4.78 is 66.0. The third-order valence-electron chi connectivity index (χ3n) is 4.81. The molecule has 1 saturated heterocycles. The number of sulfonamides is 1. The zero-order chi connectivity index (χ0) is 23.4. The summed E-state index contributed by atoms with van der Waals surface area (Å²) in [6.45, 7) is 0.684. The van der Waals surface area contributed by atoms with Gasteiger partial charge in [-0.05, 0) is 24.3 Å². The summed E-state index contributed by atoms with van der Waals surface area (Å²) in [5.74, 6) is -0.983. The van der Waals surface area contributed by atoms with Crippen molar-refractivity contribution in [3.63, 3.8) is 0 Å². The highest BCUT2D eigenvalue weighted by atomic mass is 32.2. The molecule has 1 aliphatic rings. The number of piperazine rings is 1. The van der Waals surface area contributed by atoms with Crippen LogP contribution in [-0.2, 0) is 21.0 Å². The second-order valence-corrected chi connectivity index (χ2v) is 8.84. The molecule has 0 radical (unpaired) electrons. The van der Waals surface area contributed by atoms with Crippen molar-refractivity contribution in [1.29, 1.82) is 5.26 Å². The standard InChI is InChI=1S/C21H19F3N4O3S/c22-21(23,24)18-8-4-5-9-19(18)26-20(29)16(14-25)15-27-10-12-28(13-11-27)32(30,31)17-6-2-1-3-7-17/h1-9,15H,10-13H2,(H,26,29)/b16-15-. The van der Waals surface area contributed by atoms with Crippen LogP contribution in [0.3, 0.4) is 0 Å². The van der Waals surface area contributed by atoms with Crippen LogP contribution in [0.1, 0.15) is 5.56 Å². The molecular formula is C21H19F3N4O3S. The van der Waals surface area contributed by atoms with Crippen molar-refractivity contribution in [3.8, 4) is 6.07 Å². The first kappa shape index (κ1) is 23.3. The SMILES string of the molecule is N#C/C(=C/N1CCN(S(=O)(=O)c2ccccc2)CC1)C(=O)Nc1ccccc1C(F)(F)F. The Kier molecular flexibility index (Phi) is 6.86. The molecule has 0 unspecified atom stereocenters. The average molecular weight is 464 g/mol. The van der Waals surface area contributed by atoms with E-state index in [-0.39, 0.29) is 36.6 Å². The maximum atomic E-state index is 13.1. The summed E-state index contributed by atoms with van der Waals surface area (Å²) in [6.07, 6.45) is -3.43. The van der Waals surface area contributed by atoms with Gasteiger partial charge in [-0.1, -0.05) is 30.3 Å². The molecule has 0 aromatic heterocycles. The molecule has 0 atom stereocenters. The van der Waals surface area contributed by atoms with E-state index in [0.29, 0.717) is 0 Å². The van der Waals surface area contributed by atoms with Gasteiger partial charge < -0.3 is 10.2 Å². The van der Waals surface area contributed by atoms with Gasteiger partial charge in [0, 0.05) is 32.4 Å². The Balaban J connectivity index is 1.68. The monoisotopic (exact) mass is 464 g/mol. The molecule has 0 aliphatic carbocycles. The number of nitrogens with zero attached hydrogens (tertiary/aromatic N) is 3. The molecule has 1 heterocycles. The number of anilines is 1. The highest BCUT2D eigenvalue weighted by Crippen LogP contribution is 2.34. The van der Waals surface area contributed by atoms with Gasteiger partial charge in [0.05, 0.1) is 16.1 Å². The number of rotatable bonds is 5. The van der Waals surface area contributed by atoms with Gasteiger partial charge in [-0.15, -0.1) is 0 Å². The molecule has 1 N–H and O–H groups in total. The fourth-order valence-electron chi connectivity index (χ4n) is 3.16. The van der Waals surface area contributed by atoms with E-state index in [1.165, 1.54) is 34.8 Å². The summed E-state index contributed by atoms with van der Waals surface area (Å²) in [6, 6.07) is 14.1. The summed E-state index contributed by atoms with van der Waals surface area (Å²) in [5.41, 5.74) is -1.86. The quantitative estimate of drug-likeness (QED) is 0.542. The van der Waals surface area contributed by atoms with Gasteiger partial charge in [0.2, 0.25) is 10.0 Å². The number of amides is 1. The van der Waals surface area contributed by atoms with Gasteiger partial charge in [0.15, 0.2) is 0 Å². The first-order valence-corrected chi connectivity index (χ1v) is 11.0. The van der Waals surface area contributed by atoms with Crippen molar-refractivity contribution >= 4 is 21.6 Å². The van der Waals surface area contributed by atoms with Crippen LogP contribution in [-0.4, -0.2) is 49.7 Å². The number of carbonyl (C=O) groups excluding carboxylic acids is 1. The third kappa shape index (κ3) is 5.27. The van der Waals surface area contributed by atoms with Crippen molar-refractivity contribution in [1.82, 2.24) is 9.21 Å². The van der Waals surface area contributed by atoms with E-state index in [9.17, 15) is 31.6 Å². The minimum absolute atomic E-state index is 0.130. The third-order valence-corrected chi connectivity index (χ3v) is 6.72. The fraction of sp³-hybridized carbons (Fsp3) is 0.238. The van der Waals surface area contributed by atoms with Crippen LogP contribution in [0.4, 0.5) is 18.9 Å². The lowest BCUT2D eigenvalue weighted by Crippen LogP contribution is -2.46. The van der Waals surface area contributed by atoms with Gasteiger partial charge in [-0.25, -0.2) is 8.42 Å². The summed E-state index contributed by atoms with van der Waals surface area (Å²) in [4.78, 5) is 14.2. The van der Waals surface area contributed by atoms with E-state index in [2.05, 4.69) is 5.32 Å². The molecule has 11 heteroatoms. The van der Waals surface area contributed by atoms with E-state index in [4.69, 9.17) is 0 Å². The maximum absolute atomic E-state index is 13.1. The minimum Gasteiger partial charge on any atom is -0.373 e. The number of alkyl halides is 3. The number of para-hydroxylation sites is 1. The second kappa shape index (κ2) is 9.42. The normalized spacial score (nSPS) is 15.8. The lowest BCUT2D eigenvalue weighted by atomic mass is 10.1. The fourth-order valence-corrected chi connectivity index (χ4v) is 4.61. The smallest absolute Gasteiger partial charge is 0.373 e. The van der Waals surface area contributed by atoms with Crippen LogP contribution >= 0.6 is 0 Å². The number of nitrogens with one attached hydrogen (secondary N) is 1. The lowest BCUT2D eigenvalue weighted by Gasteiger charge is -2.33. The Labute approximate surface area is 183 Å². The van der Waals surface area contributed by atoms with E-state index in [1.807, 2.05) is 0 Å². The Morgan fingerprint density at radius 3 is 2.19 bits per heavy atom. The summed E-state index contributed by atoms with van der Waals surface area (Å²) >= 11 is 0. The number of hydrogen-bond donors (Lipinski definition) is 1. The highest BCUT2D eigenvalue weighted by molar-refractivity contribution is 7.89. The molecule has 0 saturated carbocycles. The van der Waals surface area contributed by atoms with Crippen LogP contribution < -0.4 is 5.32 Å². The zero-order valence-corrected chi connectivity index (χ0v) is 17.5. The van der Waals surface area contributed by atoms with Crippen LogP contribution in [0, 0.1) is 11.3 Å². The summed E-state index contributed by atoms with van der Waals surface area (Å²) in [7, 11) is -3.66. The number of halogens is 3. The van der Waals surface area contributed by atoms with Gasteiger partial charge in [0.25, 0.3) is 5.91 Å². The van der Waals surface area contributed by atoms with Gasteiger partial charge in [-0.3, -0.25) is 4.79 Å². The molecule has 2 aromatic rings. The topological polar surface area (TPSA) is 93.5 Å². The molecule has 0 bridgehead atoms. The first-order valence-electron chi connectivity index (χ1n) is 9.51. The van der Waals surface area contributed by atoms with Gasteiger partial charge in [-0.2, -0.15) is 22.7 Å². The Bertz CT molecular complexity index is 1150. The predicted octanol–water partition coefficient (Wildman–Crippen LogP) is 3.06. The van der Waals surface area contributed by atoms with Crippen molar-refractivity contribution in [3.05, 3.63) is 71.9 Å². The van der Waals surface area contributed by atoms with Crippen LogP contribution in [0.2, 0.25) is 0 Å². The molecule has 2 aromatic carbocycles. The van der Waals surface area contributed by atoms with Gasteiger partial charge in [0.1, 0.15) is 11.6 Å². The molecule has 1 fully saturated rings. The van der Waals surface area contributed by atoms with Gasteiger partial charge >= 0.3 is 6.18 Å². The molecule has 1 amide bonds. The molecule has 1 aliphatic heterocycles. The van der Waals surface area contributed by atoms with E-state index >= 15 is 0 Å². The van der Waals surface area contributed by atoms with E-state index < -0.39 is 33.4 Å². The second-order valence-electron chi connectivity index (χ2n) is 6.91. The summed E-state index contributed by atoms with van der Waals surface area (Å²) in [5, 5.41) is 11.5. The number of hydrogen-bond acceptors (Lipinski definition) is 5. The maximum Gasteiger partial charge on any atom is 0.418 e. The highest BCUT2D eigenvalue weighted by Gasteiger charge is 2.34. The van der Waals surface area contributed by atoms with Crippen LogP contribution in [0.15, 0.2) is 71.3 Å². The minimum atomic E-state index is -4.67.